The minimum Gasteiger partial charge on any atom is -0.391 e. The van der Waals surface area contributed by atoms with Gasteiger partial charge >= 0.3 is 0 Å². The van der Waals surface area contributed by atoms with Crippen LogP contribution in [-0.4, -0.2) is 48.2 Å². The van der Waals surface area contributed by atoms with Crippen LogP contribution in [0, 0.1) is 5.92 Å². The first-order valence-electron chi connectivity index (χ1n) is 5.45. The molecule has 2 aliphatic rings. The summed E-state index contributed by atoms with van der Waals surface area (Å²) in [4.78, 5) is 13.8. The van der Waals surface area contributed by atoms with E-state index >= 15 is 0 Å². The summed E-state index contributed by atoms with van der Waals surface area (Å²) in [7, 11) is 0. The quantitative estimate of drug-likeness (QED) is 0.601. The number of nitrogens with zero attached hydrogens (tertiary/aromatic N) is 1. The van der Waals surface area contributed by atoms with Gasteiger partial charge in [0.1, 0.15) is 0 Å². The molecular weight excluding hydrogens is 180 g/mol. The fraction of sp³-hybridized carbons (Fsp3) is 0.900. The number of rotatable bonds is 1. The van der Waals surface area contributed by atoms with Gasteiger partial charge in [-0.25, -0.2) is 0 Å². The first-order chi connectivity index (χ1) is 6.77. The molecule has 0 aromatic heterocycles. The summed E-state index contributed by atoms with van der Waals surface area (Å²) in [6.45, 7) is 3.19. The van der Waals surface area contributed by atoms with E-state index in [0.29, 0.717) is 6.54 Å². The third kappa shape index (κ3) is 2.07. The van der Waals surface area contributed by atoms with Crippen LogP contribution in [0.3, 0.4) is 0 Å². The van der Waals surface area contributed by atoms with Gasteiger partial charge in [-0.2, -0.15) is 0 Å². The average Bonchev–Trinajstić information content (AvgIpc) is 2.65. The van der Waals surface area contributed by atoms with Crippen molar-refractivity contribution < 1.29 is 9.90 Å². The van der Waals surface area contributed by atoms with Crippen LogP contribution in [0.25, 0.3) is 0 Å². The molecule has 4 heteroatoms. The maximum absolute atomic E-state index is 11.9. The molecule has 1 atom stereocenters. The summed E-state index contributed by atoms with van der Waals surface area (Å²) < 4.78 is 0. The molecule has 2 aliphatic heterocycles. The van der Waals surface area contributed by atoms with Crippen LogP contribution in [0.15, 0.2) is 0 Å². The maximum Gasteiger partial charge on any atom is 0.225 e. The van der Waals surface area contributed by atoms with E-state index in [0.717, 1.165) is 38.9 Å². The van der Waals surface area contributed by atoms with Crippen molar-refractivity contribution in [1.82, 2.24) is 10.2 Å². The Labute approximate surface area is 84.3 Å². The van der Waals surface area contributed by atoms with Gasteiger partial charge in [0.15, 0.2) is 0 Å². The standard InChI is InChI=1S/C10H18N2O2/c13-9-3-6-12(7-9)10(14)8-1-4-11-5-2-8/h8-9,11,13H,1-7H2/t9-/m1/s1. The van der Waals surface area contributed by atoms with Crippen molar-refractivity contribution in [1.29, 1.82) is 0 Å². The molecule has 80 valence electrons. The highest BCUT2D eigenvalue weighted by Gasteiger charge is 2.30. The normalized spacial score (nSPS) is 29.5. The van der Waals surface area contributed by atoms with E-state index in [1.54, 1.807) is 0 Å². The van der Waals surface area contributed by atoms with E-state index < -0.39 is 0 Å². The van der Waals surface area contributed by atoms with E-state index in [1.165, 1.54) is 0 Å². The van der Waals surface area contributed by atoms with E-state index in [2.05, 4.69) is 5.32 Å². The van der Waals surface area contributed by atoms with Crippen LogP contribution < -0.4 is 5.32 Å². The predicted molar refractivity (Wildman–Crippen MR) is 52.8 cm³/mol. The molecule has 0 aromatic carbocycles. The molecule has 2 rings (SSSR count). The molecule has 1 amide bonds. The summed E-state index contributed by atoms with van der Waals surface area (Å²) in [5.74, 6) is 0.449. The number of likely N-dealkylation sites (tertiary alicyclic amines) is 1. The van der Waals surface area contributed by atoms with Gasteiger partial charge in [0, 0.05) is 19.0 Å². The fourth-order valence-electron chi connectivity index (χ4n) is 2.27. The Bertz CT molecular complexity index is 207. The summed E-state index contributed by atoms with van der Waals surface area (Å²) in [6, 6.07) is 0. The zero-order valence-electron chi connectivity index (χ0n) is 8.41. The summed E-state index contributed by atoms with van der Waals surface area (Å²) in [5.41, 5.74) is 0. The van der Waals surface area contributed by atoms with Gasteiger partial charge in [-0.3, -0.25) is 4.79 Å². The second-order valence-corrected chi connectivity index (χ2v) is 4.25. The SMILES string of the molecule is O=C(C1CCNCC1)N1CC[C@@H](O)C1. The Balaban J connectivity index is 1.87. The number of hydrogen-bond donors (Lipinski definition) is 2. The van der Waals surface area contributed by atoms with Crippen molar-refractivity contribution in [2.45, 2.75) is 25.4 Å². The number of carbonyl (C=O) groups is 1. The zero-order chi connectivity index (χ0) is 9.97. The summed E-state index contributed by atoms with van der Waals surface area (Å²) in [5, 5.41) is 12.6. The van der Waals surface area contributed by atoms with Crippen molar-refractivity contribution in [3.8, 4) is 0 Å². The zero-order valence-corrected chi connectivity index (χ0v) is 8.41. The number of nitrogens with one attached hydrogen (secondary N) is 1. The van der Waals surface area contributed by atoms with Crippen LogP contribution >= 0.6 is 0 Å². The van der Waals surface area contributed by atoms with Gasteiger partial charge < -0.3 is 15.3 Å². The van der Waals surface area contributed by atoms with Gasteiger partial charge in [-0.1, -0.05) is 0 Å². The predicted octanol–water partition coefficient (Wildman–Crippen LogP) is -0.421. The molecule has 0 bridgehead atoms. The van der Waals surface area contributed by atoms with Crippen LogP contribution in [0.4, 0.5) is 0 Å². The first kappa shape index (κ1) is 9.93. The van der Waals surface area contributed by atoms with Crippen LogP contribution in [0.1, 0.15) is 19.3 Å². The lowest BCUT2D eigenvalue weighted by Crippen LogP contribution is -2.40. The third-order valence-electron chi connectivity index (χ3n) is 3.16. The lowest BCUT2D eigenvalue weighted by Gasteiger charge is -2.26. The first-order valence-corrected chi connectivity index (χ1v) is 5.45. The van der Waals surface area contributed by atoms with Crippen molar-refractivity contribution in [3.63, 3.8) is 0 Å². The molecule has 2 N–H and O–H groups in total. The number of hydrogen-bond acceptors (Lipinski definition) is 3. The molecule has 2 heterocycles. The van der Waals surface area contributed by atoms with Crippen molar-refractivity contribution in [3.05, 3.63) is 0 Å². The van der Waals surface area contributed by atoms with Gasteiger partial charge in [-0.05, 0) is 32.4 Å². The van der Waals surface area contributed by atoms with E-state index in [-0.39, 0.29) is 17.9 Å². The highest BCUT2D eigenvalue weighted by atomic mass is 16.3. The lowest BCUT2D eigenvalue weighted by atomic mass is 9.97. The molecule has 0 unspecified atom stereocenters. The van der Waals surface area contributed by atoms with Gasteiger partial charge in [-0.15, -0.1) is 0 Å². The van der Waals surface area contributed by atoms with Crippen molar-refractivity contribution >= 4 is 5.91 Å². The highest BCUT2D eigenvalue weighted by molar-refractivity contribution is 5.79. The number of piperidine rings is 1. The molecule has 2 saturated heterocycles. The minimum absolute atomic E-state index is 0.196. The molecular formula is C10H18N2O2. The molecule has 4 nitrogen and oxygen atoms in total. The monoisotopic (exact) mass is 198 g/mol. The Kier molecular flexibility index (Phi) is 3.03. The van der Waals surface area contributed by atoms with Gasteiger partial charge in [0.25, 0.3) is 0 Å². The minimum atomic E-state index is -0.291. The number of aliphatic hydroxyl groups is 1. The second-order valence-electron chi connectivity index (χ2n) is 4.25. The third-order valence-corrected chi connectivity index (χ3v) is 3.16. The smallest absolute Gasteiger partial charge is 0.225 e. The van der Waals surface area contributed by atoms with E-state index in [4.69, 9.17) is 0 Å². The van der Waals surface area contributed by atoms with Crippen molar-refractivity contribution in [2.24, 2.45) is 5.92 Å². The summed E-state index contributed by atoms with van der Waals surface area (Å²) in [6.07, 6.45) is 2.36. The van der Waals surface area contributed by atoms with Crippen LogP contribution in [0.2, 0.25) is 0 Å². The Hall–Kier alpha value is -0.610. The number of carbonyl (C=O) groups excluding carboxylic acids is 1. The van der Waals surface area contributed by atoms with Crippen LogP contribution in [-0.2, 0) is 4.79 Å². The van der Waals surface area contributed by atoms with Crippen molar-refractivity contribution in [2.75, 3.05) is 26.2 Å². The summed E-state index contributed by atoms with van der Waals surface area (Å²) >= 11 is 0. The van der Waals surface area contributed by atoms with Gasteiger partial charge in [0.2, 0.25) is 5.91 Å². The Morgan fingerprint density at radius 2 is 2.00 bits per heavy atom. The molecule has 0 spiro atoms. The molecule has 14 heavy (non-hydrogen) atoms. The van der Waals surface area contributed by atoms with E-state index in [1.807, 2.05) is 4.90 Å². The Morgan fingerprint density at radius 3 is 2.57 bits per heavy atom. The maximum atomic E-state index is 11.9. The lowest BCUT2D eigenvalue weighted by molar-refractivity contribution is -0.135. The molecule has 2 fully saturated rings. The van der Waals surface area contributed by atoms with E-state index in [9.17, 15) is 9.90 Å². The largest absolute Gasteiger partial charge is 0.391 e. The topological polar surface area (TPSA) is 52.6 Å². The van der Waals surface area contributed by atoms with Gasteiger partial charge in [0.05, 0.1) is 6.10 Å². The Morgan fingerprint density at radius 1 is 1.29 bits per heavy atom. The molecule has 0 aromatic rings. The molecule has 0 aliphatic carbocycles. The average molecular weight is 198 g/mol. The number of aliphatic hydroxyl groups excluding tert-OH is 1. The number of amides is 1. The second kappa shape index (κ2) is 4.28. The van der Waals surface area contributed by atoms with Crippen LogP contribution in [0.5, 0.6) is 0 Å². The molecule has 0 radical (unpaired) electrons. The fourth-order valence-corrected chi connectivity index (χ4v) is 2.27. The number of β-amino-alcohol motifs (C(OH)–C–C–N with tert-alkyl or cyclic N) is 1. The molecule has 0 saturated carbocycles. The highest BCUT2D eigenvalue weighted by Crippen LogP contribution is 2.18.